The second-order valence-corrected chi connectivity index (χ2v) is 6.97. The molecule has 1 heterocycles. The molecule has 0 aromatic heterocycles. The SMILES string of the molecule is CS(=O)(=O)O[C@@H]1[C@H](O)[C@H](CO)O[C@@H](O)[C@@H]1NC(=O)c1ccccc1. The van der Waals surface area contributed by atoms with Crippen molar-refractivity contribution < 1.29 is 37.5 Å². The molecular weight excluding hydrogens is 342 g/mol. The predicted molar refractivity (Wildman–Crippen MR) is 81.4 cm³/mol. The summed E-state index contributed by atoms with van der Waals surface area (Å²) in [6, 6.07) is 6.65. The van der Waals surface area contributed by atoms with E-state index in [-0.39, 0.29) is 5.56 Å². The summed E-state index contributed by atoms with van der Waals surface area (Å²) in [6.45, 7) is -0.665. The molecule has 0 radical (unpaired) electrons. The standard InChI is InChI=1S/C14H19NO8S/c1-24(20,21)23-12-10(14(19)22-9(7-16)11(12)17)15-13(18)8-5-3-2-4-6-8/h2-6,9-12,14,16-17,19H,7H2,1H3,(H,15,18)/t9-,10+,11+,12-,14+/m0/s1. The maximum atomic E-state index is 12.2. The third-order valence-corrected chi connectivity index (χ3v) is 4.06. The highest BCUT2D eigenvalue weighted by atomic mass is 32.2. The lowest BCUT2D eigenvalue weighted by Crippen LogP contribution is -2.65. The maximum absolute atomic E-state index is 12.2. The van der Waals surface area contributed by atoms with Crippen molar-refractivity contribution in [3.8, 4) is 0 Å². The topological polar surface area (TPSA) is 142 Å². The minimum atomic E-state index is -4.00. The monoisotopic (exact) mass is 361 g/mol. The minimum absolute atomic E-state index is 0.265. The highest BCUT2D eigenvalue weighted by molar-refractivity contribution is 7.86. The summed E-state index contributed by atoms with van der Waals surface area (Å²) in [7, 11) is -4.00. The molecule has 10 heteroatoms. The molecule has 1 aromatic carbocycles. The fraction of sp³-hybridized carbons (Fsp3) is 0.500. The molecule has 5 atom stereocenters. The molecule has 1 fully saturated rings. The number of hydrogen-bond acceptors (Lipinski definition) is 8. The van der Waals surface area contributed by atoms with Crippen LogP contribution in [0.2, 0.25) is 0 Å². The summed E-state index contributed by atoms with van der Waals surface area (Å²) in [4.78, 5) is 12.2. The largest absolute Gasteiger partial charge is 0.394 e. The lowest BCUT2D eigenvalue weighted by molar-refractivity contribution is -0.247. The Hall–Kier alpha value is -1.56. The normalized spacial score (nSPS) is 30.8. The van der Waals surface area contributed by atoms with E-state index in [2.05, 4.69) is 5.32 Å². The molecule has 9 nitrogen and oxygen atoms in total. The number of carbonyl (C=O) groups is 1. The molecule has 0 unspecified atom stereocenters. The first-order valence-electron chi connectivity index (χ1n) is 7.09. The Labute approximate surface area is 139 Å². The number of benzene rings is 1. The van der Waals surface area contributed by atoms with Crippen LogP contribution in [0.1, 0.15) is 10.4 Å². The van der Waals surface area contributed by atoms with Gasteiger partial charge in [-0.15, -0.1) is 0 Å². The highest BCUT2D eigenvalue weighted by Gasteiger charge is 2.47. The Morgan fingerprint density at radius 3 is 2.46 bits per heavy atom. The maximum Gasteiger partial charge on any atom is 0.264 e. The average molecular weight is 361 g/mol. The number of hydrogen-bond donors (Lipinski definition) is 4. The number of aliphatic hydroxyl groups excluding tert-OH is 3. The summed E-state index contributed by atoms with van der Waals surface area (Å²) >= 11 is 0. The van der Waals surface area contributed by atoms with Crippen molar-refractivity contribution in [3.05, 3.63) is 35.9 Å². The van der Waals surface area contributed by atoms with Crippen molar-refractivity contribution in [2.24, 2.45) is 0 Å². The zero-order valence-corrected chi connectivity index (χ0v) is 13.6. The molecule has 1 saturated heterocycles. The Morgan fingerprint density at radius 2 is 1.92 bits per heavy atom. The fourth-order valence-corrected chi connectivity index (χ4v) is 3.01. The Bertz CT molecular complexity index is 665. The van der Waals surface area contributed by atoms with Gasteiger partial charge in [0, 0.05) is 5.56 Å². The van der Waals surface area contributed by atoms with Crippen LogP contribution in [0.3, 0.4) is 0 Å². The summed E-state index contributed by atoms with van der Waals surface area (Å²) in [5.41, 5.74) is 0.265. The second-order valence-electron chi connectivity index (χ2n) is 5.37. The molecule has 0 aliphatic carbocycles. The first kappa shape index (κ1) is 18.8. The number of amides is 1. The van der Waals surface area contributed by atoms with Gasteiger partial charge in [-0.05, 0) is 12.1 Å². The van der Waals surface area contributed by atoms with E-state index < -0.39 is 53.3 Å². The van der Waals surface area contributed by atoms with Gasteiger partial charge in [-0.1, -0.05) is 18.2 Å². The Kier molecular flexibility index (Phi) is 5.91. The molecule has 134 valence electrons. The smallest absolute Gasteiger partial charge is 0.264 e. The molecule has 1 aliphatic heterocycles. The summed E-state index contributed by atoms with van der Waals surface area (Å²) in [5, 5.41) is 31.7. The van der Waals surface area contributed by atoms with E-state index in [1.165, 1.54) is 12.1 Å². The predicted octanol–water partition coefficient (Wildman–Crippen LogP) is -1.80. The van der Waals surface area contributed by atoms with Crippen LogP contribution >= 0.6 is 0 Å². The Balaban J connectivity index is 2.24. The number of carbonyl (C=O) groups excluding carboxylic acids is 1. The number of ether oxygens (including phenoxy) is 1. The molecule has 24 heavy (non-hydrogen) atoms. The fourth-order valence-electron chi connectivity index (χ4n) is 2.38. The molecule has 1 aromatic rings. The van der Waals surface area contributed by atoms with Crippen LogP contribution in [0.25, 0.3) is 0 Å². The first-order valence-corrected chi connectivity index (χ1v) is 8.91. The quantitative estimate of drug-likeness (QED) is 0.450. The van der Waals surface area contributed by atoms with E-state index >= 15 is 0 Å². The number of aliphatic hydroxyl groups is 3. The van der Waals surface area contributed by atoms with Crippen LogP contribution in [-0.4, -0.2) is 73.2 Å². The van der Waals surface area contributed by atoms with Gasteiger partial charge in [-0.2, -0.15) is 8.42 Å². The lowest BCUT2D eigenvalue weighted by atomic mass is 9.97. The van der Waals surface area contributed by atoms with Gasteiger partial charge in [-0.25, -0.2) is 0 Å². The minimum Gasteiger partial charge on any atom is -0.394 e. The van der Waals surface area contributed by atoms with Crippen molar-refractivity contribution in [2.75, 3.05) is 12.9 Å². The van der Waals surface area contributed by atoms with Crippen LogP contribution in [0.4, 0.5) is 0 Å². The molecule has 2 rings (SSSR count). The summed E-state index contributed by atoms with van der Waals surface area (Å²) < 4.78 is 32.6. The van der Waals surface area contributed by atoms with Crippen molar-refractivity contribution in [1.82, 2.24) is 5.32 Å². The van der Waals surface area contributed by atoms with Crippen LogP contribution in [0.5, 0.6) is 0 Å². The third-order valence-electron chi connectivity index (χ3n) is 3.49. The lowest BCUT2D eigenvalue weighted by Gasteiger charge is -2.41. The number of rotatable bonds is 5. The van der Waals surface area contributed by atoms with Gasteiger partial charge in [-0.3, -0.25) is 8.98 Å². The van der Waals surface area contributed by atoms with E-state index in [0.717, 1.165) is 6.26 Å². The van der Waals surface area contributed by atoms with E-state index in [9.17, 15) is 23.4 Å². The molecule has 4 N–H and O–H groups in total. The molecule has 1 aliphatic rings. The van der Waals surface area contributed by atoms with E-state index in [1.807, 2.05) is 0 Å². The van der Waals surface area contributed by atoms with E-state index in [4.69, 9.17) is 14.0 Å². The molecular formula is C14H19NO8S. The zero-order chi connectivity index (χ0) is 17.9. The molecule has 1 amide bonds. The van der Waals surface area contributed by atoms with Crippen molar-refractivity contribution in [3.63, 3.8) is 0 Å². The van der Waals surface area contributed by atoms with E-state index in [0.29, 0.717) is 0 Å². The van der Waals surface area contributed by atoms with Crippen LogP contribution < -0.4 is 5.32 Å². The van der Waals surface area contributed by atoms with Gasteiger partial charge >= 0.3 is 0 Å². The molecule has 0 bridgehead atoms. The third kappa shape index (κ3) is 4.50. The molecule has 0 saturated carbocycles. The van der Waals surface area contributed by atoms with Crippen molar-refractivity contribution >= 4 is 16.0 Å². The Morgan fingerprint density at radius 1 is 1.29 bits per heavy atom. The van der Waals surface area contributed by atoms with Gasteiger partial charge in [0.1, 0.15) is 24.4 Å². The van der Waals surface area contributed by atoms with Gasteiger partial charge in [0.2, 0.25) is 0 Å². The van der Waals surface area contributed by atoms with Gasteiger partial charge < -0.3 is 25.4 Å². The highest BCUT2D eigenvalue weighted by Crippen LogP contribution is 2.24. The first-order chi connectivity index (χ1) is 11.2. The van der Waals surface area contributed by atoms with Crippen molar-refractivity contribution in [2.45, 2.75) is 30.6 Å². The van der Waals surface area contributed by atoms with Crippen LogP contribution in [0.15, 0.2) is 30.3 Å². The van der Waals surface area contributed by atoms with Crippen molar-refractivity contribution in [1.29, 1.82) is 0 Å². The van der Waals surface area contributed by atoms with Gasteiger partial charge in [0.25, 0.3) is 16.0 Å². The molecule has 0 spiro atoms. The van der Waals surface area contributed by atoms with E-state index in [1.54, 1.807) is 18.2 Å². The van der Waals surface area contributed by atoms with Crippen LogP contribution in [0, 0.1) is 0 Å². The second kappa shape index (κ2) is 7.55. The van der Waals surface area contributed by atoms with Crippen LogP contribution in [-0.2, 0) is 19.0 Å². The summed E-state index contributed by atoms with van der Waals surface area (Å²) in [5.74, 6) is -0.611. The van der Waals surface area contributed by atoms with Gasteiger partial charge in [0.05, 0.1) is 12.9 Å². The summed E-state index contributed by atoms with van der Waals surface area (Å²) in [6.07, 6.45) is -5.25. The zero-order valence-electron chi connectivity index (χ0n) is 12.8. The average Bonchev–Trinajstić information content (AvgIpc) is 2.53. The van der Waals surface area contributed by atoms with Gasteiger partial charge in [0.15, 0.2) is 6.29 Å². The number of nitrogens with one attached hydrogen (secondary N) is 1.